The van der Waals surface area contributed by atoms with Gasteiger partial charge < -0.3 is 14.5 Å². The molecule has 5 nitrogen and oxygen atoms in total. The smallest absolute Gasteiger partial charge is 0.212 e. The average molecular weight is 453 g/mol. The summed E-state index contributed by atoms with van der Waals surface area (Å²) >= 11 is 1.51. The van der Waals surface area contributed by atoms with Gasteiger partial charge in [0.25, 0.3) is 0 Å². The van der Waals surface area contributed by atoms with Crippen LogP contribution in [0.2, 0.25) is 0 Å². The zero-order valence-corrected chi connectivity index (χ0v) is 19.6. The summed E-state index contributed by atoms with van der Waals surface area (Å²) in [4.78, 5) is 13.9. The Labute approximate surface area is 193 Å². The van der Waals surface area contributed by atoms with Gasteiger partial charge in [0.05, 0.1) is 12.3 Å². The Morgan fingerprint density at radius 3 is 2.72 bits per heavy atom. The molecule has 1 atom stereocenters. The predicted octanol–water partition coefficient (Wildman–Crippen LogP) is 5.37. The van der Waals surface area contributed by atoms with Crippen molar-refractivity contribution in [3.05, 3.63) is 71.0 Å². The summed E-state index contributed by atoms with van der Waals surface area (Å²) in [6, 6.07) is 15.1. The molecule has 0 bridgehead atoms. The Morgan fingerprint density at radius 2 is 1.97 bits per heavy atom. The number of hydrogen-bond donors (Lipinski definition) is 0. The normalized spacial score (nSPS) is 16.0. The van der Waals surface area contributed by atoms with Gasteiger partial charge in [-0.1, -0.05) is 49.4 Å². The molecular weight excluding hydrogens is 423 g/mol. The Kier molecular flexibility index (Phi) is 7.17. The number of guanidine groups is 1. The van der Waals surface area contributed by atoms with Crippen LogP contribution in [0.3, 0.4) is 0 Å². The molecule has 32 heavy (non-hydrogen) atoms. The van der Waals surface area contributed by atoms with Gasteiger partial charge in [0.2, 0.25) is 11.1 Å². The van der Waals surface area contributed by atoms with E-state index in [0.717, 1.165) is 48.9 Å². The third kappa shape index (κ3) is 5.16. The van der Waals surface area contributed by atoms with E-state index < -0.39 is 0 Å². The number of halogens is 1. The Hall–Kier alpha value is -2.77. The molecule has 2 aromatic carbocycles. The Bertz CT molecular complexity index is 1060. The van der Waals surface area contributed by atoms with Gasteiger partial charge in [-0.15, -0.1) is 11.3 Å². The first-order valence-corrected chi connectivity index (χ1v) is 11.8. The van der Waals surface area contributed by atoms with Crippen LogP contribution in [-0.2, 0) is 4.74 Å². The van der Waals surface area contributed by atoms with Crippen LogP contribution in [0.15, 0.2) is 58.9 Å². The maximum absolute atomic E-state index is 14.9. The molecule has 2 heterocycles. The maximum Gasteiger partial charge on any atom is 0.212 e. The number of aliphatic imine (C=N–C) groups is 1. The van der Waals surface area contributed by atoms with Crippen molar-refractivity contribution in [1.82, 2.24) is 14.8 Å². The van der Waals surface area contributed by atoms with Crippen LogP contribution in [0, 0.1) is 5.82 Å². The second kappa shape index (κ2) is 10.2. The highest BCUT2D eigenvalue weighted by atomic mass is 32.1. The van der Waals surface area contributed by atoms with Gasteiger partial charge in [-0.25, -0.2) is 9.37 Å². The van der Waals surface area contributed by atoms with Gasteiger partial charge >= 0.3 is 0 Å². The minimum absolute atomic E-state index is 0.0242. The van der Waals surface area contributed by atoms with Gasteiger partial charge in [-0.05, 0) is 23.6 Å². The Morgan fingerprint density at radius 1 is 1.16 bits per heavy atom. The van der Waals surface area contributed by atoms with E-state index in [1.54, 1.807) is 6.07 Å². The fourth-order valence-electron chi connectivity index (χ4n) is 3.83. The van der Waals surface area contributed by atoms with E-state index in [2.05, 4.69) is 11.8 Å². The van der Waals surface area contributed by atoms with E-state index in [4.69, 9.17) is 14.7 Å². The van der Waals surface area contributed by atoms with Crippen molar-refractivity contribution >= 4 is 22.4 Å². The van der Waals surface area contributed by atoms with Gasteiger partial charge in [0, 0.05) is 50.7 Å². The molecule has 168 valence electrons. The van der Waals surface area contributed by atoms with Crippen LogP contribution in [0.25, 0.3) is 11.1 Å². The van der Waals surface area contributed by atoms with E-state index in [9.17, 15) is 4.39 Å². The molecule has 1 saturated heterocycles. The fraction of sp³-hybridized carbons (Fsp3) is 0.360. The van der Waals surface area contributed by atoms with E-state index in [-0.39, 0.29) is 11.7 Å². The molecule has 1 unspecified atom stereocenters. The summed E-state index contributed by atoms with van der Waals surface area (Å²) in [6.45, 7) is 5.28. The number of thiazole rings is 1. The average Bonchev–Trinajstić information content (AvgIpc) is 3.10. The van der Waals surface area contributed by atoms with Crippen LogP contribution < -0.4 is 0 Å². The molecule has 1 aromatic heterocycles. The van der Waals surface area contributed by atoms with Crippen molar-refractivity contribution in [3.63, 3.8) is 0 Å². The molecule has 1 aliphatic rings. The predicted molar refractivity (Wildman–Crippen MR) is 129 cm³/mol. The maximum atomic E-state index is 14.9. The van der Waals surface area contributed by atoms with Crippen LogP contribution >= 0.6 is 11.3 Å². The van der Waals surface area contributed by atoms with Crippen molar-refractivity contribution in [1.29, 1.82) is 0 Å². The van der Waals surface area contributed by atoms with Gasteiger partial charge in [-0.3, -0.25) is 0 Å². The first-order chi connectivity index (χ1) is 15.5. The fourth-order valence-corrected chi connectivity index (χ4v) is 4.61. The number of benzene rings is 2. The molecule has 1 fully saturated rings. The first kappa shape index (κ1) is 22.4. The van der Waals surface area contributed by atoms with E-state index in [0.29, 0.717) is 17.3 Å². The summed E-state index contributed by atoms with van der Waals surface area (Å²) in [5, 5.41) is 2.73. The number of hydrogen-bond acceptors (Lipinski definition) is 4. The molecule has 0 N–H and O–H groups in total. The highest BCUT2D eigenvalue weighted by Gasteiger charge is 2.19. The lowest BCUT2D eigenvalue weighted by Crippen LogP contribution is -2.41. The van der Waals surface area contributed by atoms with Crippen LogP contribution in [0.5, 0.6) is 0 Å². The lowest BCUT2D eigenvalue weighted by atomic mass is 9.95. The van der Waals surface area contributed by atoms with Crippen LogP contribution in [0.1, 0.15) is 30.5 Å². The highest BCUT2D eigenvalue weighted by Crippen LogP contribution is 2.32. The third-order valence-electron chi connectivity index (χ3n) is 5.63. The molecule has 1 aliphatic heterocycles. The van der Waals surface area contributed by atoms with Gasteiger partial charge in [0.1, 0.15) is 5.82 Å². The Balaban J connectivity index is 1.55. The van der Waals surface area contributed by atoms with Crippen molar-refractivity contribution in [2.45, 2.75) is 19.3 Å². The first-order valence-electron chi connectivity index (χ1n) is 10.9. The van der Waals surface area contributed by atoms with Crippen LogP contribution in [0.4, 0.5) is 9.52 Å². The summed E-state index contributed by atoms with van der Waals surface area (Å²) in [6.07, 6.45) is 0.984. The molecule has 0 spiro atoms. The second-order valence-corrected chi connectivity index (χ2v) is 8.98. The second-order valence-electron chi connectivity index (χ2n) is 8.14. The van der Waals surface area contributed by atoms with E-state index >= 15 is 0 Å². The van der Waals surface area contributed by atoms with Crippen molar-refractivity contribution in [3.8, 4) is 11.1 Å². The zero-order valence-electron chi connectivity index (χ0n) is 18.8. The molecule has 7 heteroatoms. The molecule has 0 aliphatic carbocycles. The molecule has 0 saturated carbocycles. The lowest BCUT2D eigenvalue weighted by Gasteiger charge is -2.28. The quantitative estimate of drug-likeness (QED) is 0.394. The monoisotopic (exact) mass is 452 g/mol. The number of nitrogens with zero attached hydrogens (tertiary/aromatic N) is 4. The molecule has 3 aromatic rings. The van der Waals surface area contributed by atoms with Crippen LogP contribution in [-0.4, -0.2) is 61.1 Å². The highest BCUT2D eigenvalue weighted by molar-refractivity contribution is 7.13. The van der Waals surface area contributed by atoms with Crippen molar-refractivity contribution in [2.24, 2.45) is 4.99 Å². The summed E-state index contributed by atoms with van der Waals surface area (Å²) < 4.78 is 20.4. The number of ether oxygens (including phenoxy) is 1. The number of rotatable bonds is 4. The van der Waals surface area contributed by atoms with Gasteiger partial charge in [0.15, 0.2) is 0 Å². The summed E-state index contributed by atoms with van der Waals surface area (Å²) in [5.74, 6) is 0.651. The van der Waals surface area contributed by atoms with Crippen molar-refractivity contribution in [2.75, 3.05) is 40.4 Å². The van der Waals surface area contributed by atoms with E-state index in [1.807, 2.05) is 66.8 Å². The SMILES string of the molecule is CC(c1ccc(-c2ccccc2)c(F)c1)c1csc(N=C(N(C)C)N2CCCOCC2)n1. The summed E-state index contributed by atoms with van der Waals surface area (Å²) in [7, 11) is 4.00. The molecular formula is C25H29FN4OS. The minimum Gasteiger partial charge on any atom is -0.380 e. The zero-order chi connectivity index (χ0) is 22.5. The minimum atomic E-state index is -0.215. The van der Waals surface area contributed by atoms with Crippen molar-refractivity contribution < 1.29 is 9.13 Å². The topological polar surface area (TPSA) is 41.0 Å². The molecule has 4 rings (SSSR count). The molecule has 0 amide bonds. The third-order valence-corrected chi connectivity index (χ3v) is 6.38. The van der Waals surface area contributed by atoms with E-state index in [1.165, 1.54) is 11.3 Å². The largest absolute Gasteiger partial charge is 0.380 e. The lowest BCUT2D eigenvalue weighted by molar-refractivity contribution is 0.147. The molecule has 0 radical (unpaired) electrons. The number of aromatic nitrogens is 1. The standard InChI is InChI=1S/C25H29FN4OS/c1-18(20-10-11-21(22(26)16-20)19-8-5-4-6-9-19)23-17-32-24(27-23)28-25(29(2)3)30-12-7-14-31-15-13-30/h4-6,8-11,16-18H,7,12-15H2,1-3H3. The van der Waals surface area contributed by atoms with Gasteiger partial charge in [-0.2, -0.15) is 4.99 Å². The summed E-state index contributed by atoms with van der Waals surface area (Å²) in [5.41, 5.74) is 3.30.